The summed E-state index contributed by atoms with van der Waals surface area (Å²) in [5.41, 5.74) is 3.93. The van der Waals surface area contributed by atoms with Crippen LogP contribution in [-0.4, -0.2) is 25.5 Å². The van der Waals surface area contributed by atoms with Crippen LogP contribution in [-0.2, 0) is 11.2 Å². The average Bonchev–Trinajstić information content (AvgIpc) is 2.61. The van der Waals surface area contributed by atoms with Crippen molar-refractivity contribution in [2.75, 3.05) is 14.2 Å². The van der Waals surface area contributed by atoms with Gasteiger partial charge in [-0.25, -0.2) is 0 Å². The molecule has 1 heterocycles. The standard InChI is InChI=1S/C19H17NO3/c1-22-18-10-15-9-16(12-20-17(15)11-19(18)23-2)14-5-3-13(4-6-14)7-8-21/h3-6,8-12H,7H2,1-2H3. The molecular formula is C19H17NO3. The fraction of sp³-hybridized carbons (Fsp3) is 0.158. The lowest BCUT2D eigenvalue weighted by Crippen LogP contribution is -1.92. The van der Waals surface area contributed by atoms with Crippen LogP contribution in [0.4, 0.5) is 0 Å². The third kappa shape index (κ3) is 3.01. The highest BCUT2D eigenvalue weighted by atomic mass is 16.5. The molecule has 0 bridgehead atoms. The van der Waals surface area contributed by atoms with Gasteiger partial charge in [-0.15, -0.1) is 0 Å². The van der Waals surface area contributed by atoms with Gasteiger partial charge in [0.05, 0.1) is 19.7 Å². The summed E-state index contributed by atoms with van der Waals surface area (Å²) < 4.78 is 10.6. The van der Waals surface area contributed by atoms with E-state index in [1.54, 1.807) is 14.2 Å². The number of rotatable bonds is 5. The highest BCUT2D eigenvalue weighted by Crippen LogP contribution is 2.33. The first-order valence-corrected chi connectivity index (χ1v) is 7.30. The number of aromatic nitrogens is 1. The number of nitrogens with zero attached hydrogens (tertiary/aromatic N) is 1. The summed E-state index contributed by atoms with van der Waals surface area (Å²) in [5.74, 6) is 1.35. The third-order valence-corrected chi connectivity index (χ3v) is 3.79. The number of fused-ring (bicyclic) bond motifs is 1. The number of benzene rings is 2. The molecule has 0 unspecified atom stereocenters. The van der Waals surface area contributed by atoms with Gasteiger partial charge in [-0.2, -0.15) is 0 Å². The number of pyridine rings is 1. The number of methoxy groups -OCH3 is 2. The van der Waals surface area contributed by atoms with Crippen molar-refractivity contribution in [3.05, 3.63) is 54.2 Å². The second-order valence-electron chi connectivity index (χ2n) is 5.19. The number of ether oxygens (including phenoxy) is 2. The van der Waals surface area contributed by atoms with Crippen molar-refractivity contribution in [2.45, 2.75) is 6.42 Å². The van der Waals surface area contributed by atoms with E-state index in [4.69, 9.17) is 9.47 Å². The predicted octanol–water partition coefficient (Wildman–Crippen LogP) is 3.66. The largest absolute Gasteiger partial charge is 0.493 e. The molecule has 0 atom stereocenters. The molecule has 116 valence electrons. The van der Waals surface area contributed by atoms with Gasteiger partial charge in [-0.1, -0.05) is 24.3 Å². The molecule has 0 radical (unpaired) electrons. The van der Waals surface area contributed by atoms with E-state index < -0.39 is 0 Å². The number of hydrogen-bond acceptors (Lipinski definition) is 4. The van der Waals surface area contributed by atoms with E-state index >= 15 is 0 Å². The number of hydrogen-bond donors (Lipinski definition) is 0. The van der Waals surface area contributed by atoms with Crippen molar-refractivity contribution in [3.8, 4) is 22.6 Å². The molecule has 0 spiro atoms. The lowest BCUT2D eigenvalue weighted by Gasteiger charge is -2.10. The molecule has 0 aliphatic carbocycles. The number of carbonyl (C=O) groups excluding carboxylic acids is 1. The molecule has 0 aliphatic heterocycles. The van der Waals surface area contributed by atoms with Crippen LogP contribution in [0.15, 0.2) is 48.7 Å². The first kappa shape index (κ1) is 15.0. The van der Waals surface area contributed by atoms with Crippen LogP contribution in [0.5, 0.6) is 11.5 Å². The zero-order chi connectivity index (χ0) is 16.2. The monoisotopic (exact) mass is 307 g/mol. The Morgan fingerprint density at radius 3 is 2.30 bits per heavy atom. The Morgan fingerprint density at radius 1 is 0.957 bits per heavy atom. The van der Waals surface area contributed by atoms with Crippen LogP contribution in [0, 0.1) is 0 Å². The summed E-state index contributed by atoms with van der Waals surface area (Å²) in [7, 11) is 3.23. The van der Waals surface area contributed by atoms with E-state index in [0.29, 0.717) is 17.9 Å². The summed E-state index contributed by atoms with van der Waals surface area (Å²) in [6.45, 7) is 0. The highest BCUT2D eigenvalue weighted by molar-refractivity contribution is 5.86. The highest BCUT2D eigenvalue weighted by Gasteiger charge is 2.08. The maximum atomic E-state index is 10.6. The minimum absolute atomic E-state index is 0.438. The fourth-order valence-corrected chi connectivity index (χ4v) is 2.54. The Kier molecular flexibility index (Phi) is 4.24. The fourth-order valence-electron chi connectivity index (χ4n) is 2.54. The molecule has 3 rings (SSSR count). The number of carbonyl (C=O) groups is 1. The molecule has 0 amide bonds. The second-order valence-corrected chi connectivity index (χ2v) is 5.19. The van der Waals surface area contributed by atoms with Gasteiger partial charge in [-0.3, -0.25) is 4.98 Å². The molecule has 4 nitrogen and oxygen atoms in total. The summed E-state index contributed by atoms with van der Waals surface area (Å²) in [6.07, 6.45) is 3.18. The van der Waals surface area contributed by atoms with Crippen molar-refractivity contribution >= 4 is 17.2 Å². The maximum absolute atomic E-state index is 10.6. The quantitative estimate of drug-likeness (QED) is 0.675. The smallest absolute Gasteiger partial charge is 0.162 e. The topological polar surface area (TPSA) is 48.4 Å². The minimum atomic E-state index is 0.438. The van der Waals surface area contributed by atoms with Gasteiger partial charge in [0, 0.05) is 29.6 Å². The van der Waals surface area contributed by atoms with Crippen LogP contribution in [0.25, 0.3) is 22.0 Å². The van der Waals surface area contributed by atoms with Crippen LogP contribution in [0.2, 0.25) is 0 Å². The second kappa shape index (κ2) is 6.48. The lowest BCUT2D eigenvalue weighted by molar-refractivity contribution is -0.107. The molecule has 0 saturated carbocycles. The minimum Gasteiger partial charge on any atom is -0.493 e. The SMILES string of the molecule is COc1cc2cc(-c3ccc(CC=O)cc3)cnc2cc1OC. The molecular weight excluding hydrogens is 290 g/mol. The first-order chi connectivity index (χ1) is 11.2. The Balaban J connectivity index is 2.03. The predicted molar refractivity (Wildman–Crippen MR) is 90.1 cm³/mol. The van der Waals surface area contributed by atoms with Gasteiger partial charge in [0.15, 0.2) is 11.5 Å². The van der Waals surface area contributed by atoms with Gasteiger partial charge >= 0.3 is 0 Å². The van der Waals surface area contributed by atoms with E-state index in [2.05, 4.69) is 11.1 Å². The maximum Gasteiger partial charge on any atom is 0.162 e. The van der Waals surface area contributed by atoms with Crippen molar-refractivity contribution in [3.63, 3.8) is 0 Å². The van der Waals surface area contributed by atoms with Crippen molar-refractivity contribution in [1.29, 1.82) is 0 Å². The molecule has 0 aliphatic rings. The molecule has 0 N–H and O–H groups in total. The molecule has 4 heteroatoms. The molecule has 0 saturated heterocycles. The van der Waals surface area contributed by atoms with Gasteiger partial charge in [0.1, 0.15) is 6.29 Å². The van der Waals surface area contributed by atoms with Crippen molar-refractivity contribution in [2.24, 2.45) is 0 Å². The summed E-state index contributed by atoms with van der Waals surface area (Å²) >= 11 is 0. The van der Waals surface area contributed by atoms with E-state index in [9.17, 15) is 4.79 Å². The van der Waals surface area contributed by atoms with Gasteiger partial charge < -0.3 is 14.3 Å². The van der Waals surface area contributed by atoms with Crippen molar-refractivity contribution in [1.82, 2.24) is 4.98 Å². The van der Waals surface area contributed by atoms with Gasteiger partial charge in [0.2, 0.25) is 0 Å². The first-order valence-electron chi connectivity index (χ1n) is 7.30. The summed E-state index contributed by atoms with van der Waals surface area (Å²) in [6, 6.07) is 13.8. The average molecular weight is 307 g/mol. The van der Waals surface area contributed by atoms with Crippen LogP contribution < -0.4 is 9.47 Å². The van der Waals surface area contributed by atoms with Gasteiger partial charge in [-0.05, 0) is 23.3 Å². The number of aldehydes is 1. The molecule has 23 heavy (non-hydrogen) atoms. The Morgan fingerprint density at radius 2 is 1.65 bits per heavy atom. The van der Waals surface area contributed by atoms with Crippen molar-refractivity contribution < 1.29 is 14.3 Å². The third-order valence-electron chi connectivity index (χ3n) is 3.79. The zero-order valence-electron chi connectivity index (χ0n) is 13.1. The summed E-state index contributed by atoms with van der Waals surface area (Å²) in [5, 5.41) is 0.983. The zero-order valence-corrected chi connectivity index (χ0v) is 13.1. The Bertz CT molecular complexity index is 841. The summed E-state index contributed by atoms with van der Waals surface area (Å²) in [4.78, 5) is 15.1. The van der Waals surface area contributed by atoms with Crippen LogP contribution in [0.1, 0.15) is 5.56 Å². The van der Waals surface area contributed by atoms with E-state index in [1.807, 2.05) is 42.6 Å². The molecule has 0 fully saturated rings. The van der Waals surface area contributed by atoms with Crippen LogP contribution >= 0.6 is 0 Å². The molecule has 3 aromatic rings. The molecule has 1 aromatic heterocycles. The van der Waals surface area contributed by atoms with E-state index in [-0.39, 0.29) is 0 Å². The molecule has 2 aromatic carbocycles. The Labute approximate surface area is 134 Å². The normalized spacial score (nSPS) is 10.5. The van der Waals surface area contributed by atoms with Crippen LogP contribution in [0.3, 0.4) is 0 Å². The van der Waals surface area contributed by atoms with E-state index in [1.165, 1.54) is 0 Å². The Hall–Kier alpha value is -2.88. The lowest BCUT2D eigenvalue weighted by atomic mass is 10.0. The van der Waals surface area contributed by atoms with Gasteiger partial charge in [0.25, 0.3) is 0 Å². The van der Waals surface area contributed by atoms with E-state index in [0.717, 1.165) is 33.9 Å².